The van der Waals surface area contributed by atoms with Crippen LogP contribution in [0.1, 0.15) is 42.8 Å². The Balaban J connectivity index is 1.70. The summed E-state index contributed by atoms with van der Waals surface area (Å²) in [6, 6.07) is 15.9. The summed E-state index contributed by atoms with van der Waals surface area (Å²) in [4.78, 5) is 16.6. The van der Waals surface area contributed by atoms with Gasteiger partial charge in [-0.1, -0.05) is 63.2 Å². The molecule has 0 fully saturated rings. The maximum atomic E-state index is 12.5. The molecule has 4 heteroatoms. The highest BCUT2D eigenvalue weighted by Crippen LogP contribution is 2.28. The predicted molar refractivity (Wildman–Crippen MR) is 107 cm³/mol. The Labute approximate surface area is 159 Å². The molecule has 0 radical (unpaired) electrons. The number of rotatable bonds is 4. The number of nitrogens with one attached hydrogen (secondary N) is 1. The second kappa shape index (κ2) is 7.46. The average Bonchev–Trinajstić information content (AvgIpc) is 2.64. The molecule has 3 nitrogen and oxygen atoms in total. The number of carbonyl (C=O) groups excluding carboxylic acids is 1. The van der Waals surface area contributed by atoms with Gasteiger partial charge in [-0.25, -0.2) is 0 Å². The van der Waals surface area contributed by atoms with Gasteiger partial charge in [0.25, 0.3) is 0 Å². The lowest BCUT2D eigenvalue weighted by Crippen LogP contribution is -2.26. The molecule has 1 unspecified atom stereocenters. The van der Waals surface area contributed by atoms with E-state index in [2.05, 4.69) is 43.2 Å². The molecule has 3 aromatic rings. The van der Waals surface area contributed by atoms with Gasteiger partial charge in [0.2, 0.25) is 5.91 Å². The van der Waals surface area contributed by atoms with E-state index in [1.165, 1.54) is 5.56 Å². The van der Waals surface area contributed by atoms with Crippen molar-refractivity contribution in [2.24, 2.45) is 0 Å². The van der Waals surface area contributed by atoms with Crippen molar-refractivity contribution < 1.29 is 4.79 Å². The molecule has 0 aliphatic heterocycles. The maximum absolute atomic E-state index is 12.5. The van der Waals surface area contributed by atoms with Crippen molar-refractivity contribution in [2.75, 3.05) is 0 Å². The molecule has 1 aromatic heterocycles. The zero-order valence-electron chi connectivity index (χ0n) is 15.3. The van der Waals surface area contributed by atoms with Crippen LogP contribution in [-0.4, -0.2) is 10.9 Å². The summed E-state index contributed by atoms with van der Waals surface area (Å²) >= 11 is 6.45. The number of nitrogens with zero attached hydrogens (tertiary/aromatic N) is 1. The lowest BCUT2D eigenvalue weighted by molar-refractivity contribution is -0.121. The van der Waals surface area contributed by atoms with Gasteiger partial charge in [-0.2, -0.15) is 0 Å². The monoisotopic (exact) mass is 366 g/mol. The van der Waals surface area contributed by atoms with Crippen LogP contribution in [0.3, 0.4) is 0 Å². The van der Waals surface area contributed by atoms with E-state index in [1.807, 2.05) is 36.4 Å². The number of carbonyl (C=O) groups is 1. The SMILES string of the molecule is CC(C)(C)c1ccc(CNC(=O)C(Cl)c2cccc3cnccc23)cc1. The summed E-state index contributed by atoms with van der Waals surface area (Å²) in [5, 5.41) is 4.12. The minimum atomic E-state index is -0.741. The molecule has 3 rings (SSSR count). The van der Waals surface area contributed by atoms with Gasteiger partial charge in [0, 0.05) is 24.3 Å². The van der Waals surface area contributed by atoms with Crippen LogP contribution in [0.15, 0.2) is 60.9 Å². The summed E-state index contributed by atoms with van der Waals surface area (Å²) in [6.07, 6.45) is 3.49. The zero-order chi connectivity index (χ0) is 18.7. The Kier molecular flexibility index (Phi) is 5.28. The van der Waals surface area contributed by atoms with Crippen molar-refractivity contribution in [1.82, 2.24) is 10.3 Å². The van der Waals surface area contributed by atoms with Crippen molar-refractivity contribution >= 4 is 28.3 Å². The molecule has 0 aliphatic carbocycles. The van der Waals surface area contributed by atoms with E-state index in [1.54, 1.807) is 12.4 Å². The summed E-state index contributed by atoms with van der Waals surface area (Å²) in [5.74, 6) is -0.198. The van der Waals surface area contributed by atoms with Crippen LogP contribution in [0, 0.1) is 0 Å². The molecular formula is C22H23ClN2O. The Morgan fingerprint density at radius 1 is 1.12 bits per heavy atom. The smallest absolute Gasteiger partial charge is 0.242 e. The Morgan fingerprint density at radius 2 is 1.85 bits per heavy atom. The molecule has 0 bridgehead atoms. The van der Waals surface area contributed by atoms with E-state index in [9.17, 15) is 4.79 Å². The number of aromatic nitrogens is 1. The fraction of sp³-hybridized carbons (Fsp3) is 0.273. The topological polar surface area (TPSA) is 42.0 Å². The highest BCUT2D eigenvalue weighted by atomic mass is 35.5. The van der Waals surface area contributed by atoms with Gasteiger partial charge in [0.1, 0.15) is 5.38 Å². The van der Waals surface area contributed by atoms with Gasteiger partial charge >= 0.3 is 0 Å². The molecule has 26 heavy (non-hydrogen) atoms. The highest BCUT2D eigenvalue weighted by molar-refractivity contribution is 6.31. The number of hydrogen-bond acceptors (Lipinski definition) is 2. The summed E-state index contributed by atoms with van der Waals surface area (Å²) in [7, 11) is 0. The molecule has 1 amide bonds. The van der Waals surface area contributed by atoms with E-state index in [4.69, 9.17) is 11.6 Å². The molecule has 0 saturated carbocycles. The average molecular weight is 367 g/mol. The molecule has 1 heterocycles. The first-order valence-corrected chi connectivity index (χ1v) is 9.14. The number of alkyl halides is 1. The molecule has 1 N–H and O–H groups in total. The van der Waals surface area contributed by atoms with Crippen molar-refractivity contribution in [2.45, 2.75) is 38.1 Å². The molecule has 2 aromatic carbocycles. The van der Waals surface area contributed by atoms with E-state index in [0.29, 0.717) is 6.54 Å². The highest BCUT2D eigenvalue weighted by Gasteiger charge is 2.19. The van der Waals surface area contributed by atoms with E-state index in [-0.39, 0.29) is 11.3 Å². The van der Waals surface area contributed by atoms with E-state index in [0.717, 1.165) is 21.9 Å². The largest absolute Gasteiger partial charge is 0.350 e. The van der Waals surface area contributed by atoms with Crippen molar-refractivity contribution in [3.63, 3.8) is 0 Å². The second-order valence-electron chi connectivity index (χ2n) is 7.47. The molecular weight excluding hydrogens is 344 g/mol. The normalized spacial score (nSPS) is 12.8. The first-order valence-electron chi connectivity index (χ1n) is 8.70. The molecule has 0 aliphatic rings. The van der Waals surface area contributed by atoms with E-state index < -0.39 is 5.38 Å². The molecule has 134 valence electrons. The summed E-state index contributed by atoms with van der Waals surface area (Å²) in [6.45, 7) is 7.00. The Bertz CT molecular complexity index is 908. The van der Waals surface area contributed by atoms with Gasteiger partial charge in [-0.05, 0) is 33.6 Å². The number of halogens is 1. The molecule has 0 saturated heterocycles. The molecule has 1 atom stereocenters. The first-order chi connectivity index (χ1) is 12.4. The van der Waals surface area contributed by atoms with Crippen LogP contribution in [0.5, 0.6) is 0 Å². The fourth-order valence-corrected chi connectivity index (χ4v) is 3.18. The second-order valence-corrected chi connectivity index (χ2v) is 7.91. The number of pyridine rings is 1. The van der Waals surface area contributed by atoms with Crippen LogP contribution in [0.25, 0.3) is 10.8 Å². The van der Waals surface area contributed by atoms with Gasteiger partial charge in [-0.15, -0.1) is 11.6 Å². The van der Waals surface area contributed by atoms with Crippen LogP contribution in [0.4, 0.5) is 0 Å². The summed E-state index contributed by atoms with van der Waals surface area (Å²) < 4.78 is 0. The lowest BCUT2D eigenvalue weighted by Gasteiger charge is -2.19. The summed E-state index contributed by atoms with van der Waals surface area (Å²) in [5.41, 5.74) is 3.24. The fourth-order valence-electron chi connectivity index (χ4n) is 2.91. The predicted octanol–water partition coefficient (Wildman–Crippen LogP) is 5.13. The minimum absolute atomic E-state index is 0.117. The molecule has 0 spiro atoms. The quantitative estimate of drug-likeness (QED) is 0.650. The van der Waals surface area contributed by atoms with Gasteiger partial charge < -0.3 is 5.32 Å². The number of benzene rings is 2. The number of fused-ring (bicyclic) bond motifs is 1. The van der Waals surface area contributed by atoms with Crippen LogP contribution in [0.2, 0.25) is 0 Å². The Morgan fingerprint density at radius 3 is 2.54 bits per heavy atom. The van der Waals surface area contributed by atoms with Gasteiger partial charge in [0.05, 0.1) is 0 Å². The van der Waals surface area contributed by atoms with Gasteiger partial charge in [0.15, 0.2) is 0 Å². The minimum Gasteiger partial charge on any atom is -0.350 e. The van der Waals surface area contributed by atoms with E-state index >= 15 is 0 Å². The first kappa shape index (κ1) is 18.4. The van der Waals surface area contributed by atoms with Crippen LogP contribution >= 0.6 is 11.6 Å². The van der Waals surface area contributed by atoms with Crippen molar-refractivity contribution in [3.8, 4) is 0 Å². The van der Waals surface area contributed by atoms with Crippen molar-refractivity contribution in [1.29, 1.82) is 0 Å². The zero-order valence-corrected chi connectivity index (χ0v) is 16.0. The maximum Gasteiger partial charge on any atom is 0.242 e. The van der Waals surface area contributed by atoms with Gasteiger partial charge in [-0.3, -0.25) is 9.78 Å². The standard InChI is InChI=1S/C22H23ClN2O/c1-22(2,3)17-9-7-15(8-10-17)13-25-21(26)20(23)19-6-4-5-16-14-24-12-11-18(16)19/h4-12,14,20H,13H2,1-3H3,(H,25,26). The third-order valence-corrected chi connectivity index (χ3v) is 4.94. The third-order valence-electron chi connectivity index (χ3n) is 4.50. The lowest BCUT2D eigenvalue weighted by atomic mass is 9.87. The van der Waals surface area contributed by atoms with Crippen molar-refractivity contribution in [3.05, 3.63) is 77.6 Å². The third kappa shape index (κ3) is 4.05. The number of hydrogen-bond donors (Lipinski definition) is 1. The van der Waals surface area contributed by atoms with Crippen LogP contribution < -0.4 is 5.32 Å². The van der Waals surface area contributed by atoms with Crippen LogP contribution in [-0.2, 0) is 16.8 Å². The number of amides is 1. The Hall–Kier alpha value is -2.39.